The number of hydrogen-bond acceptors (Lipinski definition) is 4. The van der Waals surface area contributed by atoms with Gasteiger partial charge in [-0.15, -0.1) is 0 Å². The first-order valence-electron chi connectivity index (χ1n) is 13.5. The maximum absolute atomic E-state index is 13.8. The molecule has 0 aromatic rings. The van der Waals surface area contributed by atoms with E-state index in [0.717, 1.165) is 38.5 Å². The number of carbonyl (C=O) groups excluding carboxylic acids is 2. The van der Waals surface area contributed by atoms with E-state index in [1.54, 1.807) is 0 Å². The fourth-order valence-electron chi connectivity index (χ4n) is 9.42. The molecule has 33 heavy (non-hydrogen) atoms. The van der Waals surface area contributed by atoms with Crippen molar-refractivity contribution in [3.05, 3.63) is 11.6 Å². The van der Waals surface area contributed by atoms with Crippen molar-refractivity contribution in [3.8, 4) is 6.07 Å². The number of nitriles is 1. The topological polar surface area (TPSA) is 83.9 Å². The Kier molecular flexibility index (Phi) is 6.22. The van der Waals surface area contributed by atoms with Gasteiger partial charge in [0, 0.05) is 23.8 Å². The lowest BCUT2D eigenvalue weighted by Crippen LogP contribution is -2.66. The average molecular weight is 453 g/mol. The number of nitrogens with two attached hydrogens (primary N) is 1. The van der Waals surface area contributed by atoms with Crippen LogP contribution in [0.25, 0.3) is 0 Å². The molecule has 0 aromatic heterocycles. The van der Waals surface area contributed by atoms with Crippen molar-refractivity contribution < 1.29 is 9.59 Å². The monoisotopic (exact) mass is 452 g/mol. The standard InChI is InChI=1S/C27H38N2O2.C2H6/c1-15-5-9-27(29)10-7-19-23(20(27)11-15)21(30)12-22-25(19,3)8-6-18-16(2)24(31)17(14-28)13-26(18,22)4;1-2/h13,15-16,18-20,22-23H,5-12,29H2,1-4H3;1-2H3. The highest BCUT2D eigenvalue weighted by Crippen LogP contribution is 2.68. The molecule has 4 heteroatoms. The highest BCUT2D eigenvalue weighted by Gasteiger charge is 2.66. The van der Waals surface area contributed by atoms with Crippen LogP contribution in [0.3, 0.4) is 0 Å². The molecule has 182 valence electrons. The molecule has 4 saturated carbocycles. The van der Waals surface area contributed by atoms with E-state index in [0.29, 0.717) is 35.5 Å². The van der Waals surface area contributed by atoms with Gasteiger partial charge in [0.2, 0.25) is 0 Å². The summed E-state index contributed by atoms with van der Waals surface area (Å²) in [4.78, 5) is 26.6. The second-order valence-corrected chi connectivity index (χ2v) is 12.5. The maximum Gasteiger partial charge on any atom is 0.176 e. The van der Waals surface area contributed by atoms with Gasteiger partial charge in [-0.05, 0) is 85.4 Å². The SMILES string of the molecule is CC.CC1CCC2(N)CCC3C(C(=O)CC4C5(C)C=C(C#N)C(=O)C(C)C5CCC34C)C2C1. The normalized spacial score (nSPS) is 50.8. The predicted molar refractivity (Wildman–Crippen MR) is 131 cm³/mol. The fraction of sp³-hybridized carbons (Fsp3) is 0.828. The van der Waals surface area contributed by atoms with Crippen molar-refractivity contribution in [1.29, 1.82) is 5.26 Å². The lowest BCUT2D eigenvalue weighted by Gasteiger charge is -2.66. The second-order valence-electron chi connectivity index (χ2n) is 12.5. The molecule has 0 aromatic carbocycles. The molecule has 10 atom stereocenters. The van der Waals surface area contributed by atoms with Gasteiger partial charge < -0.3 is 5.73 Å². The van der Waals surface area contributed by atoms with Crippen molar-refractivity contribution >= 4 is 11.6 Å². The van der Waals surface area contributed by atoms with Gasteiger partial charge in [0.05, 0.1) is 5.57 Å². The summed E-state index contributed by atoms with van der Waals surface area (Å²) in [5, 5.41) is 9.65. The van der Waals surface area contributed by atoms with E-state index in [1.165, 1.54) is 6.42 Å². The van der Waals surface area contributed by atoms with E-state index < -0.39 is 0 Å². The van der Waals surface area contributed by atoms with Crippen LogP contribution < -0.4 is 5.73 Å². The minimum absolute atomic E-state index is 0.00429. The first kappa shape index (κ1) is 24.6. The first-order valence-corrected chi connectivity index (χ1v) is 13.5. The van der Waals surface area contributed by atoms with Crippen molar-refractivity contribution in [2.75, 3.05) is 0 Å². The zero-order chi connectivity index (χ0) is 24.3. The Morgan fingerprint density at radius 2 is 1.64 bits per heavy atom. The van der Waals surface area contributed by atoms with Gasteiger partial charge >= 0.3 is 0 Å². The predicted octanol–water partition coefficient (Wildman–Crippen LogP) is 5.85. The number of rotatable bonds is 0. The highest BCUT2D eigenvalue weighted by molar-refractivity contribution is 6.01. The van der Waals surface area contributed by atoms with Crippen LogP contribution in [0.5, 0.6) is 0 Å². The van der Waals surface area contributed by atoms with Crippen LogP contribution in [0.1, 0.15) is 92.9 Å². The summed E-state index contributed by atoms with van der Waals surface area (Å²) in [5.41, 5.74) is 6.94. The number of fused-ring (bicyclic) bond motifs is 7. The van der Waals surface area contributed by atoms with Gasteiger partial charge in [0.1, 0.15) is 11.9 Å². The van der Waals surface area contributed by atoms with E-state index in [4.69, 9.17) is 5.73 Å². The molecule has 5 aliphatic rings. The molecule has 0 spiro atoms. The van der Waals surface area contributed by atoms with Gasteiger partial charge in [-0.3, -0.25) is 9.59 Å². The van der Waals surface area contributed by atoms with E-state index in [2.05, 4.69) is 26.8 Å². The molecule has 0 radical (unpaired) electrons. The summed E-state index contributed by atoms with van der Waals surface area (Å²) < 4.78 is 0. The van der Waals surface area contributed by atoms with Crippen LogP contribution in [0.2, 0.25) is 0 Å². The smallest absolute Gasteiger partial charge is 0.176 e. The quantitative estimate of drug-likeness (QED) is 0.499. The van der Waals surface area contributed by atoms with Gasteiger partial charge in [0.25, 0.3) is 0 Å². The van der Waals surface area contributed by atoms with E-state index in [9.17, 15) is 14.9 Å². The van der Waals surface area contributed by atoms with Crippen molar-refractivity contribution in [2.24, 2.45) is 58.0 Å². The largest absolute Gasteiger partial charge is 0.325 e. The van der Waals surface area contributed by atoms with Crippen LogP contribution in [0.4, 0.5) is 0 Å². The molecule has 0 bridgehead atoms. The van der Waals surface area contributed by atoms with Crippen molar-refractivity contribution in [3.63, 3.8) is 0 Å². The van der Waals surface area contributed by atoms with E-state index >= 15 is 0 Å². The molecule has 5 aliphatic carbocycles. The van der Waals surface area contributed by atoms with E-state index in [1.807, 2.05) is 26.8 Å². The summed E-state index contributed by atoms with van der Waals surface area (Å²) in [7, 11) is 0. The Bertz CT molecular complexity index is 902. The van der Waals surface area contributed by atoms with Gasteiger partial charge in [-0.25, -0.2) is 0 Å². The number of nitrogens with zero attached hydrogens (tertiary/aromatic N) is 1. The Morgan fingerprint density at radius 3 is 2.30 bits per heavy atom. The van der Waals surface area contributed by atoms with Crippen LogP contribution in [-0.2, 0) is 9.59 Å². The Morgan fingerprint density at radius 1 is 1.00 bits per heavy atom. The first-order chi connectivity index (χ1) is 15.5. The van der Waals surface area contributed by atoms with Crippen LogP contribution in [0, 0.1) is 63.6 Å². The minimum Gasteiger partial charge on any atom is -0.325 e. The molecule has 4 nitrogen and oxygen atoms in total. The molecule has 0 heterocycles. The number of hydrogen-bond donors (Lipinski definition) is 1. The minimum atomic E-state index is -0.261. The third-order valence-corrected chi connectivity index (χ3v) is 11.1. The molecule has 10 unspecified atom stereocenters. The Hall–Kier alpha value is -1.47. The summed E-state index contributed by atoms with van der Waals surface area (Å²) in [5.74, 6) is 2.17. The summed E-state index contributed by atoms with van der Waals surface area (Å²) in [6.07, 6.45) is 10.1. The number of ketones is 2. The second kappa shape index (κ2) is 8.33. The molecule has 0 saturated heterocycles. The van der Waals surface area contributed by atoms with Crippen LogP contribution >= 0.6 is 0 Å². The van der Waals surface area contributed by atoms with Crippen molar-refractivity contribution in [1.82, 2.24) is 0 Å². The van der Waals surface area contributed by atoms with Gasteiger partial charge in [-0.2, -0.15) is 5.26 Å². The molecule has 4 fully saturated rings. The Labute approximate surface area is 200 Å². The maximum atomic E-state index is 13.8. The molecule has 5 rings (SSSR count). The molecule has 0 aliphatic heterocycles. The summed E-state index contributed by atoms with van der Waals surface area (Å²) in [6, 6.07) is 2.18. The van der Waals surface area contributed by atoms with Crippen LogP contribution in [-0.4, -0.2) is 17.1 Å². The van der Waals surface area contributed by atoms with E-state index in [-0.39, 0.29) is 45.8 Å². The number of carbonyl (C=O) groups is 2. The Balaban J connectivity index is 0.00000126. The van der Waals surface area contributed by atoms with Gasteiger partial charge in [0.15, 0.2) is 5.78 Å². The lowest BCUT2D eigenvalue weighted by atomic mass is 9.38. The molecule has 2 N–H and O–H groups in total. The fourth-order valence-corrected chi connectivity index (χ4v) is 9.42. The summed E-state index contributed by atoms with van der Waals surface area (Å²) in [6.45, 7) is 13.0. The molecule has 0 amide bonds. The average Bonchev–Trinajstić information content (AvgIpc) is 2.79. The zero-order valence-electron chi connectivity index (χ0n) is 21.6. The van der Waals surface area contributed by atoms with Crippen LogP contribution in [0.15, 0.2) is 11.6 Å². The van der Waals surface area contributed by atoms with Crippen molar-refractivity contribution in [2.45, 2.75) is 98.4 Å². The molecular weight excluding hydrogens is 408 g/mol. The highest BCUT2D eigenvalue weighted by atomic mass is 16.1. The number of Topliss-reactive ketones (excluding diaryl/α,β-unsaturated/α-hetero) is 2. The molecular formula is C29H44N2O2. The van der Waals surface area contributed by atoms with Gasteiger partial charge in [-0.1, -0.05) is 47.6 Å². The summed E-state index contributed by atoms with van der Waals surface area (Å²) >= 11 is 0. The lowest BCUT2D eigenvalue weighted by molar-refractivity contribution is -0.175. The third-order valence-electron chi connectivity index (χ3n) is 11.1. The number of allylic oxidation sites excluding steroid dienone is 2. The zero-order valence-corrected chi connectivity index (χ0v) is 21.6. The third kappa shape index (κ3) is 3.40.